The van der Waals surface area contributed by atoms with Crippen LogP contribution in [0.3, 0.4) is 0 Å². The maximum Gasteiger partial charge on any atom is 0.261 e. The quantitative estimate of drug-likeness (QED) is 0.797. The van der Waals surface area contributed by atoms with Gasteiger partial charge in [0, 0.05) is 12.4 Å². The number of amides is 1. The summed E-state index contributed by atoms with van der Waals surface area (Å²) in [6.45, 7) is 3.73. The Bertz CT molecular complexity index is 935. The third-order valence-corrected chi connectivity index (χ3v) is 3.95. The van der Waals surface area contributed by atoms with Crippen molar-refractivity contribution in [1.29, 1.82) is 0 Å². The summed E-state index contributed by atoms with van der Waals surface area (Å²) in [4.78, 5) is 33.0. The van der Waals surface area contributed by atoms with Gasteiger partial charge in [-0.3, -0.25) is 19.1 Å². The van der Waals surface area contributed by atoms with Gasteiger partial charge in [-0.2, -0.15) is 0 Å². The number of carbonyl (C=O) groups excluding carboxylic acids is 1. The zero-order chi connectivity index (χ0) is 17.1. The average Bonchev–Trinajstić information content (AvgIpc) is 2.58. The van der Waals surface area contributed by atoms with Crippen LogP contribution >= 0.6 is 0 Å². The SMILES string of the molecule is Cc1cccc2c(=O)n(CC(=O)NC(C)c3ccncc3)cnc12. The Hall–Kier alpha value is -3.02. The Labute approximate surface area is 139 Å². The van der Waals surface area contributed by atoms with E-state index in [9.17, 15) is 9.59 Å². The summed E-state index contributed by atoms with van der Waals surface area (Å²) in [6.07, 6.45) is 4.78. The minimum absolute atomic E-state index is 0.0643. The number of aromatic nitrogens is 3. The molecule has 0 fully saturated rings. The molecule has 1 atom stereocenters. The highest BCUT2D eigenvalue weighted by atomic mass is 16.2. The number of aryl methyl sites for hydroxylation is 1. The summed E-state index contributed by atoms with van der Waals surface area (Å²) in [5.74, 6) is -0.241. The third-order valence-electron chi connectivity index (χ3n) is 3.95. The van der Waals surface area contributed by atoms with Gasteiger partial charge in [-0.05, 0) is 43.2 Å². The molecular weight excluding hydrogens is 304 g/mol. The molecule has 122 valence electrons. The van der Waals surface area contributed by atoms with E-state index < -0.39 is 0 Å². The summed E-state index contributed by atoms with van der Waals surface area (Å²) in [6, 6.07) is 8.98. The number of fused-ring (bicyclic) bond motifs is 1. The number of nitrogens with one attached hydrogen (secondary N) is 1. The first-order valence-corrected chi connectivity index (χ1v) is 7.70. The fourth-order valence-corrected chi connectivity index (χ4v) is 2.63. The summed E-state index contributed by atoms with van der Waals surface area (Å²) < 4.78 is 1.33. The topological polar surface area (TPSA) is 76.9 Å². The van der Waals surface area contributed by atoms with Crippen molar-refractivity contribution in [2.24, 2.45) is 0 Å². The maximum atomic E-state index is 12.5. The molecule has 0 radical (unpaired) electrons. The van der Waals surface area contributed by atoms with E-state index >= 15 is 0 Å². The molecule has 0 saturated heterocycles. The molecule has 1 aromatic carbocycles. The van der Waals surface area contributed by atoms with Crippen LogP contribution in [0.1, 0.15) is 24.1 Å². The summed E-state index contributed by atoms with van der Waals surface area (Å²) in [5, 5.41) is 3.40. The number of pyridine rings is 1. The van der Waals surface area contributed by atoms with Crippen LogP contribution in [0.25, 0.3) is 10.9 Å². The monoisotopic (exact) mass is 322 g/mol. The Morgan fingerprint density at radius 3 is 2.75 bits per heavy atom. The van der Waals surface area contributed by atoms with E-state index in [0.717, 1.165) is 11.1 Å². The van der Waals surface area contributed by atoms with Crippen molar-refractivity contribution in [3.63, 3.8) is 0 Å². The molecule has 6 heteroatoms. The predicted molar refractivity (Wildman–Crippen MR) is 91.5 cm³/mol. The van der Waals surface area contributed by atoms with Gasteiger partial charge in [0.25, 0.3) is 5.56 Å². The van der Waals surface area contributed by atoms with Gasteiger partial charge in [-0.15, -0.1) is 0 Å². The Morgan fingerprint density at radius 1 is 1.25 bits per heavy atom. The number of carbonyl (C=O) groups is 1. The molecular formula is C18H18N4O2. The number of hydrogen-bond acceptors (Lipinski definition) is 4. The van der Waals surface area contributed by atoms with Gasteiger partial charge in [-0.1, -0.05) is 12.1 Å². The van der Waals surface area contributed by atoms with E-state index in [1.807, 2.05) is 38.1 Å². The molecule has 0 bridgehead atoms. The minimum atomic E-state index is -0.241. The summed E-state index contributed by atoms with van der Waals surface area (Å²) >= 11 is 0. The molecule has 0 aliphatic rings. The highest BCUT2D eigenvalue weighted by Crippen LogP contribution is 2.12. The normalized spacial score (nSPS) is 12.1. The first-order valence-electron chi connectivity index (χ1n) is 7.70. The van der Waals surface area contributed by atoms with Crippen molar-refractivity contribution < 1.29 is 4.79 Å². The minimum Gasteiger partial charge on any atom is -0.348 e. The van der Waals surface area contributed by atoms with E-state index in [-0.39, 0.29) is 24.1 Å². The second kappa shape index (κ2) is 6.62. The maximum absolute atomic E-state index is 12.5. The van der Waals surface area contributed by atoms with Gasteiger partial charge in [-0.25, -0.2) is 4.98 Å². The van der Waals surface area contributed by atoms with E-state index in [0.29, 0.717) is 10.9 Å². The molecule has 0 saturated carbocycles. The second-order valence-corrected chi connectivity index (χ2v) is 5.72. The molecule has 2 aromatic heterocycles. The van der Waals surface area contributed by atoms with Gasteiger partial charge in [0.05, 0.1) is 23.3 Å². The number of rotatable bonds is 4. The number of nitrogens with zero attached hydrogens (tertiary/aromatic N) is 3. The van der Waals surface area contributed by atoms with Crippen LogP contribution in [-0.4, -0.2) is 20.4 Å². The van der Waals surface area contributed by atoms with Crippen LogP contribution < -0.4 is 10.9 Å². The molecule has 1 amide bonds. The molecule has 1 unspecified atom stereocenters. The van der Waals surface area contributed by atoms with Crippen molar-refractivity contribution in [2.75, 3.05) is 0 Å². The number of hydrogen-bond donors (Lipinski definition) is 1. The van der Waals surface area contributed by atoms with Crippen LogP contribution in [0.15, 0.2) is 53.8 Å². The smallest absolute Gasteiger partial charge is 0.261 e. The van der Waals surface area contributed by atoms with Gasteiger partial charge in [0.15, 0.2) is 0 Å². The molecule has 0 aliphatic heterocycles. The average molecular weight is 322 g/mol. The van der Waals surface area contributed by atoms with Crippen molar-refractivity contribution in [3.05, 3.63) is 70.5 Å². The Balaban J connectivity index is 1.79. The fourth-order valence-electron chi connectivity index (χ4n) is 2.63. The molecule has 6 nitrogen and oxygen atoms in total. The lowest BCUT2D eigenvalue weighted by molar-refractivity contribution is -0.122. The van der Waals surface area contributed by atoms with Crippen molar-refractivity contribution in [2.45, 2.75) is 26.4 Å². The standard InChI is InChI=1S/C18H18N4O2/c1-12-4-3-5-15-17(12)20-11-22(18(15)24)10-16(23)21-13(2)14-6-8-19-9-7-14/h3-9,11,13H,10H2,1-2H3,(H,21,23). The van der Waals surface area contributed by atoms with Gasteiger partial charge in [0.1, 0.15) is 6.54 Å². The zero-order valence-electron chi connectivity index (χ0n) is 13.6. The molecule has 1 N–H and O–H groups in total. The molecule has 0 aliphatic carbocycles. The largest absolute Gasteiger partial charge is 0.348 e. The van der Waals surface area contributed by atoms with E-state index in [1.165, 1.54) is 10.9 Å². The molecule has 3 rings (SSSR count). The van der Waals surface area contributed by atoms with Crippen LogP contribution in [0, 0.1) is 6.92 Å². The summed E-state index contributed by atoms with van der Waals surface area (Å²) in [5.41, 5.74) is 2.35. The highest BCUT2D eigenvalue weighted by Gasteiger charge is 2.12. The number of benzene rings is 1. The van der Waals surface area contributed by atoms with Crippen LogP contribution in [-0.2, 0) is 11.3 Å². The third kappa shape index (κ3) is 3.17. The fraction of sp³-hybridized carbons (Fsp3) is 0.222. The zero-order valence-corrected chi connectivity index (χ0v) is 13.6. The number of para-hydroxylation sites is 1. The summed E-state index contributed by atoms with van der Waals surface area (Å²) in [7, 11) is 0. The molecule has 24 heavy (non-hydrogen) atoms. The van der Waals surface area contributed by atoms with E-state index in [2.05, 4.69) is 15.3 Å². The first kappa shape index (κ1) is 15.9. The Kier molecular flexibility index (Phi) is 4.37. The van der Waals surface area contributed by atoms with E-state index in [4.69, 9.17) is 0 Å². The van der Waals surface area contributed by atoms with E-state index in [1.54, 1.807) is 18.5 Å². The van der Waals surface area contributed by atoms with Gasteiger partial charge >= 0.3 is 0 Å². The lowest BCUT2D eigenvalue weighted by Crippen LogP contribution is -2.34. The van der Waals surface area contributed by atoms with Gasteiger partial charge < -0.3 is 5.32 Å². The van der Waals surface area contributed by atoms with Crippen molar-refractivity contribution in [1.82, 2.24) is 19.9 Å². The van der Waals surface area contributed by atoms with Crippen molar-refractivity contribution >= 4 is 16.8 Å². The Morgan fingerprint density at radius 2 is 2.00 bits per heavy atom. The lowest BCUT2D eigenvalue weighted by atomic mass is 10.1. The molecule has 0 spiro atoms. The van der Waals surface area contributed by atoms with Crippen LogP contribution in [0.4, 0.5) is 0 Å². The van der Waals surface area contributed by atoms with Crippen molar-refractivity contribution in [3.8, 4) is 0 Å². The van der Waals surface area contributed by atoms with Gasteiger partial charge in [0.2, 0.25) is 5.91 Å². The van der Waals surface area contributed by atoms with Crippen LogP contribution in [0.2, 0.25) is 0 Å². The lowest BCUT2D eigenvalue weighted by Gasteiger charge is -2.14. The second-order valence-electron chi connectivity index (χ2n) is 5.72. The first-order chi connectivity index (χ1) is 11.6. The highest BCUT2D eigenvalue weighted by molar-refractivity contribution is 5.81. The van der Waals surface area contributed by atoms with Crippen LogP contribution in [0.5, 0.6) is 0 Å². The predicted octanol–water partition coefficient (Wildman–Crippen LogP) is 1.98. The molecule has 3 aromatic rings. The molecule has 2 heterocycles.